The van der Waals surface area contributed by atoms with Crippen LogP contribution in [0.5, 0.6) is 0 Å². The van der Waals surface area contributed by atoms with Crippen LogP contribution in [-0.2, 0) is 9.47 Å². The van der Waals surface area contributed by atoms with E-state index in [1.165, 1.54) is 5.56 Å². The number of hydrogen-bond acceptors (Lipinski definition) is 4. The van der Waals surface area contributed by atoms with E-state index in [2.05, 4.69) is 41.4 Å². The van der Waals surface area contributed by atoms with Crippen LogP contribution in [0.15, 0.2) is 30.3 Å². The number of likely N-dealkylation sites (N-methyl/N-ethyl adjacent to an activating group) is 1. The maximum absolute atomic E-state index is 5.28. The van der Waals surface area contributed by atoms with Crippen LogP contribution in [0, 0.1) is 0 Å². The van der Waals surface area contributed by atoms with Crippen molar-refractivity contribution >= 4 is 0 Å². The van der Waals surface area contributed by atoms with Crippen LogP contribution in [0.2, 0.25) is 0 Å². The van der Waals surface area contributed by atoms with Gasteiger partial charge < -0.3 is 14.8 Å². The summed E-state index contributed by atoms with van der Waals surface area (Å²) in [4.78, 5) is 2.40. The minimum Gasteiger partial charge on any atom is -0.383 e. The van der Waals surface area contributed by atoms with Gasteiger partial charge in [0, 0.05) is 39.4 Å². The number of ether oxygens (including phenoxy) is 2. The zero-order chi connectivity index (χ0) is 14.8. The van der Waals surface area contributed by atoms with Crippen LogP contribution in [0.1, 0.15) is 18.5 Å². The molecule has 0 spiro atoms. The van der Waals surface area contributed by atoms with Crippen molar-refractivity contribution in [1.29, 1.82) is 0 Å². The van der Waals surface area contributed by atoms with E-state index >= 15 is 0 Å². The number of hydrogen-bond donors (Lipinski definition) is 1. The van der Waals surface area contributed by atoms with Crippen molar-refractivity contribution < 1.29 is 9.47 Å². The Morgan fingerprint density at radius 1 is 1.15 bits per heavy atom. The van der Waals surface area contributed by atoms with Gasteiger partial charge in [-0.05, 0) is 19.5 Å². The molecule has 0 heterocycles. The van der Waals surface area contributed by atoms with Crippen LogP contribution in [0.25, 0.3) is 0 Å². The van der Waals surface area contributed by atoms with E-state index in [0.717, 1.165) is 26.3 Å². The average molecular weight is 280 g/mol. The molecule has 2 unspecified atom stereocenters. The first-order valence-corrected chi connectivity index (χ1v) is 7.17. The highest BCUT2D eigenvalue weighted by molar-refractivity contribution is 5.19. The highest BCUT2D eigenvalue weighted by Gasteiger charge is 2.19. The molecule has 0 fully saturated rings. The van der Waals surface area contributed by atoms with E-state index in [1.54, 1.807) is 14.2 Å². The van der Waals surface area contributed by atoms with Crippen LogP contribution < -0.4 is 5.32 Å². The van der Waals surface area contributed by atoms with Crippen molar-refractivity contribution in [3.63, 3.8) is 0 Å². The molecule has 1 N–H and O–H groups in total. The molecule has 4 heteroatoms. The Balaban J connectivity index is 2.70. The van der Waals surface area contributed by atoms with Gasteiger partial charge in [-0.1, -0.05) is 30.3 Å². The quantitative estimate of drug-likeness (QED) is 0.710. The lowest BCUT2D eigenvalue weighted by molar-refractivity contribution is 0.0692. The van der Waals surface area contributed by atoms with Crippen molar-refractivity contribution in [2.45, 2.75) is 19.0 Å². The van der Waals surface area contributed by atoms with Gasteiger partial charge in [-0.2, -0.15) is 0 Å². The van der Waals surface area contributed by atoms with Gasteiger partial charge in [0.15, 0.2) is 0 Å². The summed E-state index contributed by atoms with van der Waals surface area (Å²) < 4.78 is 10.5. The molecule has 0 saturated heterocycles. The van der Waals surface area contributed by atoms with Gasteiger partial charge in [-0.3, -0.25) is 4.90 Å². The molecule has 2 atom stereocenters. The molecule has 0 aliphatic carbocycles. The molecule has 1 rings (SSSR count). The normalized spacial score (nSPS) is 14.4. The highest BCUT2D eigenvalue weighted by Crippen LogP contribution is 2.15. The summed E-state index contributed by atoms with van der Waals surface area (Å²) in [5.74, 6) is 0. The number of benzene rings is 1. The number of methoxy groups -OCH3 is 2. The van der Waals surface area contributed by atoms with Crippen LogP contribution in [0.3, 0.4) is 0 Å². The minimum atomic E-state index is 0.312. The van der Waals surface area contributed by atoms with Crippen LogP contribution in [-0.4, -0.2) is 58.5 Å². The van der Waals surface area contributed by atoms with E-state index in [4.69, 9.17) is 9.47 Å². The van der Waals surface area contributed by atoms with Gasteiger partial charge in [0.25, 0.3) is 0 Å². The van der Waals surface area contributed by atoms with Crippen molar-refractivity contribution in [2.24, 2.45) is 0 Å². The Kier molecular flexibility index (Phi) is 8.46. The molecule has 1 aromatic rings. The van der Waals surface area contributed by atoms with Gasteiger partial charge in [0.05, 0.1) is 13.2 Å². The second-order valence-electron chi connectivity index (χ2n) is 5.04. The average Bonchev–Trinajstić information content (AvgIpc) is 2.48. The molecule has 114 valence electrons. The van der Waals surface area contributed by atoms with E-state index in [9.17, 15) is 0 Å². The monoisotopic (exact) mass is 280 g/mol. The minimum absolute atomic E-state index is 0.312. The third-order valence-corrected chi connectivity index (χ3v) is 3.58. The third kappa shape index (κ3) is 5.59. The molecular weight excluding hydrogens is 252 g/mol. The summed E-state index contributed by atoms with van der Waals surface area (Å²) >= 11 is 0. The second-order valence-corrected chi connectivity index (χ2v) is 5.04. The Hall–Kier alpha value is -0.940. The largest absolute Gasteiger partial charge is 0.383 e. The summed E-state index contributed by atoms with van der Waals surface area (Å²) in [7, 11) is 5.50. The summed E-state index contributed by atoms with van der Waals surface area (Å²) in [5.41, 5.74) is 1.31. The van der Waals surface area contributed by atoms with E-state index in [0.29, 0.717) is 12.1 Å². The Morgan fingerprint density at radius 3 is 2.40 bits per heavy atom. The molecule has 0 amide bonds. The fraction of sp³-hybridized carbons (Fsp3) is 0.625. The zero-order valence-corrected chi connectivity index (χ0v) is 13.1. The maximum Gasteiger partial charge on any atom is 0.0615 e. The maximum atomic E-state index is 5.28. The summed E-state index contributed by atoms with van der Waals surface area (Å²) in [6.07, 6.45) is 0. The number of nitrogens with zero attached hydrogens (tertiary/aromatic N) is 1. The Morgan fingerprint density at radius 2 is 1.85 bits per heavy atom. The first kappa shape index (κ1) is 17.1. The van der Waals surface area contributed by atoms with Gasteiger partial charge in [0.1, 0.15) is 0 Å². The van der Waals surface area contributed by atoms with Crippen LogP contribution in [0.4, 0.5) is 0 Å². The Bertz CT molecular complexity index is 346. The number of nitrogens with one attached hydrogen (secondary N) is 1. The van der Waals surface area contributed by atoms with Gasteiger partial charge in [0.2, 0.25) is 0 Å². The van der Waals surface area contributed by atoms with E-state index in [1.807, 2.05) is 13.1 Å². The smallest absolute Gasteiger partial charge is 0.0615 e. The summed E-state index contributed by atoms with van der Waals surface area (Å²) in [6.45, 7) is 5.51. The van der Waals surface area contributed by atoms with Crippen molar-refractivity contribution in [2.75, 3.05) is 47.6 Å². The molecule has 0 aliphatic rings. The lowest BCUT2D eigenvalue weighted by Gasteiger charge is -2.32. The molecule has 20 heavy (non-hydrogen) atoms. The standard InChI is InChI=1S/C16H28N2O2/c1-14(13-20-4)18(10-11-19-3)12-16(17-2)15-8-6-5-7-9-15/h5-9,14,16-17H,10-13H2,1-4H3. The fourth-order valence-corrected chi connectivity index (χ4v) is 2.33. The molecular formula is C16H28N2O2. The second kappa shape index (κ2) is 9.88. The predicted molar refractivity (Wildman–Crippen MR) is 83.0 cm³/mol. The lowest BCUT2D eigenvalue weighted by atomic mass is 10.1. The molecule has 1 aromatic carbocycles. The van der Waals surface area contributed by atoms with Crippen molar-refractivity contribution in [1.82, 2.24) is 10.2 Å². The Labute approximate surface area is 123 Å². The summed E-state index contributed by atoms with van der Waals surface area (Å²) in [6, 6.07) is 11.2. The van der Waals surface area contributed by atoms with Crippen LogP contribution >= 0.6 is 0 Å². The fourth-order valence-electron chi connectivity index (χ4n) is 2.33. The molecule has 0 saturated carbocycles. The van der Waals surface area contributed by atoms with Crippen molar-refractivity contribution in [3.05, 3.63) is 35.9 Å². The van der Waals surface area contributed by atoms with Crippen molar-refractivity contribution in [3.8, 4) is 0 Å². The molecule has 0 bridgehead atoms. The first-order chi connectivity index (χ1) is 9.72. The SMILES string of the molecule is CNC(CN(CCOC)C(C)COC)c1ccccc1. The molecule has 0 aliphatic heterocycles. The zero-order valence-electron chi connectivity index (χ0n) is 13.1. The van der Waals surface area contributed by atoms with E-state index in [-0.39, 0.29) is 0 Å². The summed E-state index contributed by atoms with van der Waals surface area (Å²) in [5, 5.41) is 3.40. The van der Waals surface area contributed by atoms with Gasteiger partial charge in [-0.15, -0.1) is 0 Å². The first-order valence-electron chi connectivity index (χ1n) is 7.17. The van der Waals surface area contributed by atoms with E-state index < -0.39 is 0 Å². The predicted octanol–water partition coefficient (Wildman–Crippen LogP) is 1.93. The van der Waals surface area contributed by atoms with Gasteiger partial charge in [-0.25, -0.2) is 0 Å². The highest BCUT2D eigenvalue weighted by atomic mass is 16.5. The lowest BCUT2D eigenvalue weighted by Crippen LogP contribution is -2.43. The molecule has 0 radical (unpaired) electrons. The molecule has 0 aromatic heterocycles. The molecule has 4 nitrogen and oxygen atoms in total. The third-order valence-electron chi connectivity index (χ3n) is 3.58. The number of rotatable bonds is 10. The topological polar surface area (TPSA) is 33.7 Å². The van der Waals surface area contributed by atoms with Gasteiger partial charge >= 0.3 is 0 Å².